The van der Waals surface area contributed by atoms with Crippen LogP contribution in [0.25, 0.3) is 0 Å². The maximum absolute atomic E-state index is 9.92. The molecular formula is C4H10N3NaO2. The third-order valence-corrected chi connectivity index (χ3v) is 0.784. The summed E-state index contributed by atoms with van der Waals surface area (Å²) in [5.74, 6) is -1.23. The SMILES string of the molecule is CN(CC(=O)O)C(=N)N.[NaH]. The zero-order valence-electron chi connectivity index (χ0n) is 5.09. The number of hydrogen-bond acceptors (Lipinski definition) is 2. The first kappa shape index (κ1) is 12.4. The molecule has 0 amide bonds. The Balaban J connectivity index is 0. The van der Waals surface area contributed by atoms with Crippen molar-refractivity contribution in [3.05, 3.63) is 0 Å². The Morgan fingerprint density at radius 3 is 2.30 bits per heavy atom. The van der Waals surface area contributed by atoms with Gasteiger partial charge >= 0.3 is 35.5 Å². The summed E-state index contributed by atoms with van der Waals surface area (Å²) in [5.41, 5.74) is 4.93. The van der Waals surface area contributed by atoms with Crippen LogP contribution in [-0.2, 0) is 4.79 Å². The van der Waals surface area contributed by atoms with Crippen LogP contribution in [0.3, 0.4) is 0 Å². The van der Waals surface area contributed by atoms with Crippen molar-refractivity contribution >= 4 is 41.5 Å². The summed E-state index contributed by atoms with van der Waals surface area (Å²) >= 11 is 0. The topological polar surface area (TPSA) is 90.4 Å². The number of hydrogen-bond donors (Lipinski definition) is 3. The molecule has 0 radical (unpaired) electrons. The van der Waals surface area contributed by atoms with Gasteiger partial charge in [0.1, 0.15) is 6.54 Å². The van der Waals surface area contributed by atoms with Gasteiger partial charge in [-0.3, -0.25) is 10.2 Å². The zero-order valence-corrected chi connectivity index (χ0v) is 5.09. The first-order valence-corrected chi connectivity index (χ1v) is 2.31. The van der Waals surface area contributed by atoms with Crippen LogP contribution in [0.2, 0.25) is 0 Å². The van der Waals surface area contributed by atoms with Gasteiger partial charge in [-0.1, -0.05) is 0 Å². The summed E-state index contributed by atoms with van der Waals surface area (Å²) in [7, 11) is 1.44. The molecule has 0 bridgehead atoms. The van der Waals surface area contributed by atoms with Crippen LogP contribution < -0.4 is 5.73 Å². The average Bonchev–Trinajstić information content (AvgIpc) is 1.63. The Morgan fingerprint density at radius 2 is 2.20 bits per heavy atom. The third-order valence-electron chi connectivity index (χ3n) is 0.784. The first-order valence-electron chi connectivity index (χ1n) is 2.31. The van der Waals surface area contributed by atoms with Gasteiger partial charge in [0.2, 0.25) is 0 Å². The number of carboxylic acid groups (broad SMARTS) is 1. The second kappa shape index (κ2) is 5.52. The van der Waals surface area contributed by atoms with Gasteiger partial charge in [-0.25, -0.2) is 0 Å². The summed E-state index contributed by atoms with van der Waals surface area (Å²) in [6.07, 6.45) is 0. The molecule has 0 saturated carbocycles. The van der Waals surface area contributed by atoms with Crippen LogP contribution in [0.15, 0.2) is 0 Å². The number of likely N-dealkylation sites (N-methyl/N-ethyl adjacent to an activating group) is 1. The first-order chi connectivity index (χ1) is 4.04. The quantitative estimate of drug-likeness (QED) is 0.250. The number of nitrogens with one attached hydrogen (secondary N) is 1. The molecule has 0 aliphatic heterocycles. The summed E-state index contributed by atoms with van der Waals surface area (Å²) in [6.45, 7) is -0.227. The molecule has 54 valence electrons. The molecule has 0 fully saturated rings. The third kappa shape index (κ3) is 5.87. The molecule has 0 aromatic heterocycles. The number of carboxylic acids is 1. The summed E-state index contributed by atoms with van der Waals surface area (Å²) in [4.78, 5) is 11.0. The normalized spacial score (nSPS) is 7.70. The van der Waals surface area contributed by atoms with E-state index < -0.39 is 5.97 Å². The Hall–Kier alpha value is -0.260. The predicted molar refractivity (Wildman–Crippen MR) is 39.3 cm³/mol. The summed E-state index contributed by atoms with van der Waals surface area (Å²) < 4.78 is 0. The second-order valence-corrected chi connectivity index (χ2v) is 1.64. The van der Waals surface area contributed by atoms with Crippen molar-refractivity contribution in [2.75, 3.05) is 13.6 Å². The Morgan fingerprint density at radius 1 is 1.80 bits per heavy atom. The van der Waals surface area contributed by atoms with Crippen LogP contribution in [0.1, 0.15) is 0 Å². The molecule has 0 spiro atoms. The molecule has 0 aliphatic carbocycles. The van der Waals surface area contributed by atoms with E-state index in [9.17, 15) is 4.79 Å². The van der Waals surface area contributed by atoms with Gasteiger partial charge in [0.25, 0.3) is 0 Å². The van der Waals surface area contributed by atoms with E-state index in [1.807, 2.05) is 0 Å². The van der Waals surface area contributed by atoms with Crippen LogP contribution in [0.4, 0.5) is 0 Å². The molecule has 0 saturated heterocycles. The molecule has 6 heteroatoms. The van der Waals surface area contributed by atoms with Gasteiger partial charge in [-0.05, 0) is 0 Å². The van der Waals surface area contributed by atoms with Crippen LogP contribution in [0.5, 0.6) is 0 Å². The van der Waals surface area contributed by atoms with E-state index in [1.165, 1.54) is 7.05 Å². The number of rotatable bonds is 2. The van der Waals surface area contributed by atoms with Gasteiger partial charge in [0.15, 0.2) is 5.96 Å². The molecular weight excluding hydrogens is 145 g/mol. The molecule has 10 heavy (non-hydrogen) atoms. The number of aliphatic carboxylic acids is 1. The molecule has 0 heterocycles. The van der Waals surface area contributed by atoms with E-state index in [4.69, 9.17) is 16.2 Å². The van der Waals surface area contributed by atoms with Gasteiger partial charge in [-0.15, -0.1) is 0 Å². The van der Waals surface area contributed by atoms with Crippen molar-refractivity contribution in [1.82, 2.24) is 4.90 Å². The fourth-order valence-electron chi connectivity index (χ4n) is 0.288. The molecule has 0 atom stereocenters. The molecule has 0 aromatic carbocycles. The maximum atomic E-state index is 9.92. The van der Waals surface area contributed by atoms with Crippen LogP contribution in [0, 0.1) is 5.41 Å². The number of nitrogens with two attached hydrogens (primary N) is 1. The van der Waals surface area contributed by atoms with Crippen LogP contribution >= 0.6 is 0 Å². The molecule has 0 aromatic rings. The minimum atomic E-state index is -0.993. The average molecular weight is 155 g/mol. The summed E-state index contributed by atoms with van der Waals surface area (Å²) in [6, 6.07) is 0. The van der Waals surface area contributed by atoms with Gasteiger partial charge < -0.3 is 15.7 Å². The minimum absolute atomic E-state index is 0. The van der Waals surface area contributed by atoms with Gasteiger partial charge in [-0.2, -0.15) is 0 Å². The van der Waals surface area contributed by atoms with E-state index in [-0.39, 0.29) is 42.1 Å². The fourth-order valence-corrected chi connectivity index (χ4v) is 0.288. The van der Waals surface area contributed by atoms with Crippen molar-refractivity contribution in [2.24, 2.45) is 5.73 Å². The molecule has 4 N–H and O–H groups in total. The van der Waals surface area contributed by atoms with E-state index in [0.717, 1.165) is 4.90 Å². The Labute approximate surface area is 81.0 Å². The summed E-state index contributed by atoms with van der Waals surface area (Å²) in [5, 5.41) is 14.9. The Kier molecular flexibility index (Phi) is 6.85. The van der Waals surface area contributed by atoms with Crippen molar-refractivity contribution < 1.29 is 9.90 Å². The van der Waals surface area contributed by atoms with Gasteiger partial charge in [0, 0.05) is 7.05 Å². The standard InChI is InChI=1S/C4H9N3O2.Na.H/c1-7(4(5)6)2-3(8)9;;/h2H2,1H3,(H3,5,6)(H,8,9);;. The van der Waals surface area contributed by atoms with E-state index in [1.54, 1.807) is 0 Å². The second-order valence-electron chi connectivity index (χ2n) is 1.64. The van der Waals surface area contributed by atoms with Gasteiger partial charge in [0.05, 0.1) is 0 Å². The molecule has 0 rings (SSSR count). The molecule has 0 aliphatic rings. The monoisotopic (exact) mass is 155 g/mol. The molecule has 5 nitrogen and oxygen atoms in total. The molecule has 0 unspecified atom stereocenters. The van der Waals surface area contributed by atoms with Crippen molar-refractivity contribution in [3.63, 3.8) is 0 Å². The van der Waals surface area contributed by atoms with Crippen molar-refractivity contribution in [3.8, 4) is 0 Å². The number of carbonyl (C=O) groups is 1. The van der Waals surface area contributed by atoms with E-state index in [0.29, 0.717) is 0 Å². The number of nitrogens with zero attached hydrogens (tertiary/aromatic N) is 1. The van der Waals surface area contributed by atoms with Crippen molar-refractivity contribution in [1.29, 1.82) is 5.41 Å². The van der Waals surface area contributed by atoms with E-state index >= 15 is 0 Å². The Bertz CT molecular complexity index is 138. The predicted octanol–water partition coefficient (Wildman–Crippen LogP) is -1.75. The number of guanidine groups is 1. The fraction of sp³-hybridized carbons (Fsp3) is 0.500. The van der Waals surface area contributed by atoms with E-state index in [2.05, 4.69) is 0 Å². The van der Waals surface area contributed by atoms with Crippen LogP contribution in [-0.4, -0.2) is 65.1 Å². The van der Waals surface area contributed by atoms with Crippen molar-refractivity contribution in [2.45, 2.75) is 0 Å². The zero-order chi connectivity index (χ0) is 7.44.